The van der Waals surface area contributed by atoms with E-state index in [9.17, 15) is 13.9 Å². The molecule has 0 aromatic rings. The zero-order valence-corrected chi connectivity index (χ0v) is 9.29. The van der Waals surface area contributed by atoms with Gasteiger partial charge in [-0.05, 0) is 5.92 Å². The number of alkyl halides is 2. The van der Waals surface area contributed by atoms with Crippen LogP contribution in [-0.2, 0) is 0 Å². The Morgan fingerprint density at radius 1 is 1.27 bits per heavy atom. The van der Waals surface area contributed by atoms with Crippen LogP contribution in [0, 0.1) is 5.92 Å². The lowest BCUT2D eigenvalue weighted by atomic mass is 10.0. The summed E-state index contributed by atoms with van der Waals surface area (Å²) in [6.45, 7) is 4.25. The molecule has 15 heavy (non-hydrogen) atoms. The molecule has 3 N–H and O–H groups in total. The average Bonchev–Trinajstić information content (AvgIpc) is 2.15. The second kappa shape index (κ2) is 4.72. The number of nitrogens with zero attached hydrogens (tertiary/aromatic N) is 1. The van der Waals surface area contributed by atoms with Crippen molar-refractivity contribution in [3.05, 3.63) is 0 Å². The summed E-state index contributed by atoms with van der Waals surface area (Å²) in [5, 5.41) is 9.84. The zero-order chi connectivity index (χ0) is 11.6. The van der Waals surface area contributed by atoms with E-state index < -0.39 is 12.2 Å². The first-order valence-corrected chi connectivity index (χ1v) is 5.39. The van der Waals surface area contributed by atoms with Crippen molar-refractivity contribution in [3.63, 3.8) is 0 Å². The Hall–Kier alpha value is -0.260. The maximum absolute atomic E-state index is 12.9. The number of nitrogens with two attached hydrogens (primary N) is 1. The van der Waals surface area contributed by atoms with Crippen molar-refractivity contribution in [1.82, 2.24) is 4.90 Å². The molecule has 1 fully saturated rings. The first-order valence-electron chi connectivity index (χ1n) is 5.39. The summed E-state index contributed by atoms with van der Waals surface area (Å²) in [6.07, 6.45) is -1.18. The molecule has 1 aliphatic rings. The highest BCUT2D eigenvalue weighted by Crippen LogP contribution is 2.28. The fraction of sp³-hybridized carbons (Fsp3) is 1.00. The number of piperidine rings is 1. The van der Waals surface area contributed by atoms with Gasteiger partial charge < -0.3 is 10.8 Å². The van der Waals surface area contributed by atoms with E-state index in [1.165, 1.54) is 0 Å². The van der Waals surface area contributed by atoms with Crippen LogP contribution in [0.15, 0.2) is 0 Å². The summed E-state index contributed by atoms with van der Waals surface area (Å²) in [5.41, 5.74) is 5.78. The maximum Gasteiger partial charge on any atom is 0.250 e. The first kappa shape index (κ1) is 12.8. The van der Waals surface area contributed by atoms with Gasteiger partial charge >= 0.3 is 0 Å². The fourth-order valence-corrected chi connectivity index (χ4v) is 1.70. The van der Waals surface area contributed by atoms with Crippen molar-refractivity contribution in [2.45, 2.75) is 44.9 Å². The van der Waals surface area contributed by atoms with E-state index in [-0.39, 0.29) is 37.9 Å². The van der Waals surface area contributed by atoms with Gasteiger partial charge in [-0.25, -0.2) is 8.78 Å². The predicted molar refractivity (Wildman–Crippen MR) is 54.6 cm³/mol. The van der Waals surface area contributed by atoms with Crippen LogP contribution in [0.4, 0.5) is 8.78 Å². The van der Waals surface area contributed by atoms with Crippen LogP contribution in [0.25, 0.3) is 0 Å². The van der Waals surface area contributed by atoms with Gasteiger partial charge in [0, 0.05) is 32.0 Å². The molecule has 5 heteroatoms. The third-order valence-corrected chi connectivity index (χ3v) is 3.02. The molecule has 0 aromatic carbocycles. The molecule has 1 heterocycles. The number of aliphatic hydroxyl groups excluding tert-OH is 1. The Morgan fingerprint density at radius 2 is 1.73 bits per heavy atom. The SMILES string of the molecule is CC(C)[C@H](N)C(O)N1CCC(F)(F)CC1. The molecule has 1 saturated heterocycles. The van der Waals surface area contributed by atoms with Gasteiger partial charge in [0.2, 0.25) is 0 Å². The lowest BCUT2D eigenvalue weighted by Crippen LogP contribution is -2.54. The van der Waals surface area contributed by atoms with Crippen LogP contribution in [0.1, 0.15) is 26.7 Å². The lowest BCUT2D eigenvalue weighted by molar-refractivity contribution is -0.104. The van der Waals surface area contributed by atoms with Crippen LogP contribution in [-0.4, -0.2) is 41.3 Å². The molecule has 90 valence electrons. The number of hydrogen-bond acceptors (Lipinski definition) is 3. The lowest BCUT2D eigenvalue weighted by Gasteiger charge is -2.38. The second-order valence-electron chi connectivity index (χ2n) is 4.63. The fourth-order valence-electron chi connectivity index (χ4n) is 1.70. The number of likely N-dealkylation sites (tertiary alicyclic amines) is 1. The van der Waals surface area contributed by atoms with E-state index in [0.29, 0.717) is 0 Å². The van der Waals surface area contributed by atoms with Gasteiger partial charge in [0.05, 0.1) is 0 Å². The Morgan fingerprint density at radius 3 is 2.13 bits per heavy atom. The summed E-state index contributed by atoms with van der Waals surface area (Å²) in [6, 6.07) is -0.378. The Labute approximate surface area is 89.2 Å². The van der Waals surface area contributed by atoms with Crippen LogP contribution in [0.3, 0.4) is 0 Å². The van der Waals surface area contributed by atoms with Gasteiger partial charge in [-0.3, -0.25) is 4.90 Å². The van der Waals surface area contributed by atoms with Crippen LogP contribution >= 0.6 is 0 Å². The summed E-state index contributed by atoms with van der Waals surface area (Å²) in [4.78, 5) is 1.64. The van der Waals surface area contributed by atoms with E-state index in [2.05, 4.69) is 0 Å². The third-order valence-electron chi connectivity index (χ3n) is 3.02. The molecule has 0 spiro atoms. The molecule has 1 aliphatic heterocycles. The smallest absolute Gasteiger partial charge is 0.250 e. The van der Waals surface area contributed by atoms with Gasteiger partial charge in [0.25, 0.3) is 5.92 Å². The first-order chi connectivity index (χ1) is 6.83. The number of aliphatic hydroxyl groups is 1. The van der Waals surface area contributed by atoms with Gasteiger partial charge in [0.15, 0.2) is 0 Å². The molecule has 2 atom stereocenters. The monoisotopic (exact) mass is 222 g/mol. The van der Waals surface area contributed by atoms with E-state index >= 15 is 0 Å². The van der Waals surface area contributed by atoms with E-state index in [1.807, 2.05) is 13.8 Å². The summed E-state index contributed by atoms with van der Waals surface area (Å²) in [7, 11) is 0. The van der Waals surface area contributed by atoms with Crippen LogP contribution in [0.2, 0.25) is 0 Å². The zero-order valence-electron chi connectivity index (χ0n) is 9.29. The minimum absolute atomic E-state index is 0.141. The van der Waals surface area contributed by atoms with Crippen molar-refractivity contribution in [2.24, 2.45) is 11.7 Å². The van der Waals surface area contributed by atoms with Crippen molar-refractivity contribution in [1.29, 1.82) is 0 Å². The molecule has 1 rings (SSSR count). The Bertz CT molecular complexity index is 202. The van der Waals surface area contributed by atoms with Crippen molar-refractivity contribution in [3.8, 4) is 0 Å². The number of halogens is 2. The molecule has 0 amide bonds. The molecular weight excluding hydrogens is 202 g/mol. The van der Waals surface area contributed by atoms with Gasteiger partial charge in [-0.1, -0.05) is 13.8 Å². The summed E-state index contributed by atoms with van der Waals surface area (Å²) in [5.74, 6) is -2.43. The molecule has 0 bridgehead atoms. The number of hydrogen-bond donors (Lipinski definition) is 2. The molecule has 1 unspecified atom stereocenters. The Balaban J connectivity index is 2.46. The quantitative estimate of drug-likeness (QED) is 0.749. The van der Waals surface area contributed by atoms with Crippen LogP contribution < -0.4 is 5.73 Å². The highest BCUT2D eigenvalue weighted by Gasteiger charge is 2.37. The summed E-state index contributed by atoms with van der Waals surface area (Å²) >= 11 is 0. The maximum atomic E-state index is 12.9. The largest absolute Gasteiger partial charge is 0.377 e. The normalized spacial score (nSPS) is 26.6. The van der Waals surface area contributed by atoms with E-state index in [0.717, 1.165) is 0 Å². The molecule has 0 aromatic heterocycles. The van der Waals surface area contributed by atoms with E-state index in [1.54, 1.807) is 4.90 Å². The topological polar surface area (TPSA) is 49.5 Å². The highest BCUT2D eigenvalue weighted by atomic mass is 19.3. The predicted octanol–water partition coefficient (Wildman–Crippen LogP) is 1.02. The van der Waals surface area contributed by atoms with Crippen LogP contribution in [0.5, 0.6) is 0 Å². The van der Waals surface area contributed by atoms with Crippen molar-refractivity contribution in [2.75, 3.05) is 13.1 Å². The second-order valence-corrected chi connectivity index (χ2v) is 4.63. The van der Waals surface area contributed by atoms with Gasteiger partial charge in [-0.2, -0.15) is 0 Å². The molecule has 0 radical (unpaired) electrons. The van der Waals surface area contributed by atoms with E-state index in [4.69, 9.17) is 5.73 Å². The highest BCUT2D eigenvalue weighted by molar-refractivity contribution is 4.83. The Kier molecular flexibility index (Phi) is 4.03. The number of rotatable bonds is 3. The van der Waals surface area contributed by atoms with Gasteiger partial charge in [-0.15, -0.1) is 0 Å². The van der Waals surface area contributed by atoms with Gasteiger partial charge in [0.1, 0.15) is 6.23 Å². The van der Waals surface area contributed by atoms with Crippen molar-refractivity contribution >= 4 is 0 Å². The third kappa shape index (κ3) is 3.36. The standard InChI is InChI=1S/C10H20F2N2O/c1-7(2)8(13)9(15)14-5-3-10(11,12)4-6-14/h7-9,15H,3-6,13H2,1-2H3/t8-,9?/m0/s1. The molecule has 0 aliphatic carbocycles. The van der Waals surface area contributed by atoms with Crippen molar-refractivity contribution < 1.29 is 13.9 Å². The minimum Gasteiger partial charge on any atom is -0.377 e. The minimum atomic E-state index is -2.57. The molecule has 0 saturated carbocycles. The summed E-state index contributed by atoms with van der Waals surface area (Å²) < 4.78 is 25.7. The molecule has 3 nitrogen and oxygen atoms in total. The average molecular weight is 222 g/mol. The molecular formula is C10H20F2N2O.